The van der Waals surface area contributed by atoms with Crippen LogP contribution in [-0.4, -0.2) is 29.2 Å². The molecule has 0 N–H and O–H groups in total. The molecule has 1 aliphatic rings. The van der Waals surface area contributed by atoms with Crippen molar-refractivity contribution < 1.29 is 4.39 Å². The van der Waals surface area contributed by atoms with Crippen LogP contribution in [0.3, 0.4) is 0 Å². The fourth-order valence-corrected chi connectivity index (χ4v) is 1.43. The zero-order valence-electron chi connectivity index (χ0n) is 8.44. The van der Waals surface area contributed by atoms with Crippen LogP contribution < -0.4 is 4.90 Å². The Labute approximate surface area is 83.0 Å². The largest absolute Gasteiger partial charge is 0.351 e. The maximum absolute atomic E-state index is 12.6. The molecule has 0 bridgehead atoms. The Bertz CT molecular complexity index is 321. The van der Waals surface area contributed by atoms with E-state index in [9.17, 15) is 4.39 Å². The molecular formula is C10H14FN3. The van der Waals surface area contributed by atoms with Gasteiger partial charge in [0.1, 0.15) is 17.8 Å². The molecule has 0 amide bonds. The molecule has 2 heterocycles. The van der Waals surface area contributed by atoms with Gasteiger partial charge in [0.2, 0.25) is 0 Å². The minimum absolute atomic E-state index is 0.317. The van der Waals surface area contributed by atoms with E-state index >= 15 is 0 Å². The average Bonchev–Trinajstić information content (AvgIpc) is 2.13. The van der Waals surface area contributed by atoms with Gasteiger partial charge < -0.3 is 4.90 Å². The first-order chi connectivity index (χ1) is 6.66. The van der Waals surface area contributed by atoms with E-state index in [-0.39, 0.29) is 0 Å². The Hall–Kier alpha value is -1.19. The van der Waals surface area contributed by atoms with Gasteiger partial charge in [0.05, 0.1) is 13.1 Å². The first kappa shape index (κ1) is 9.37. The highest BCUT2D eigenvalue weighted by atomic mass is 19.1. The van der Waals surface area contributed by atoms with Crippen LogP contribution in [0.1, 0.15) is 25.6 Å². The molecule has 14 heavy (non-hydrogen) atoms. The lowest BCUT2D eigenvalue weighted by atomic mass is 10.2. The number of nitrogens with zero attached hydrogens (tertiary/aromatic N) is 3. The van der Waals surface area contributed by atoms with E-state index in [0.29, 0.717) is 19.0 Å². The van der Waals surface area contributed by atoms with Gasteiger partial charge in [0, 0.05) is 12.1 Å². The maximum atomic E-state index is 12.6. The third kappa shape index (κ3) is 1.69. The van der Waals surface area contributed by atoms with Crippen molar-refractivity contribution in [1.29, 1.82) is 0 Å². The van der Waals surface area contributed by atoms with E-state index < -0.39 is 6.17 Å². The normalized spacial score (nSPS) is 17.3. The monoisotopic (exact) mass is 195 g/mol. The quantitative estimate of drug-likeness (QED) is 0.720. The summed E-state index contributed by atoms with van der Waals surface area (Å²) < 4.78 is 12.6. The molecule has 0 aromatic carbocycles. The summed E-state index contributed by atoms with van der Waals surface area (Å²) in [6.07, 6.45) is 1.05. The summed E-state index contributed by atoms with van der Waals surface area (Å²) in [5.74, 6) is 1.99. The first-order valence-corrected chi connectivity index (χ1v) is 4.89. The Morgan fingerprint density at radius 1 is 1.50 bits per heavy atom. The van der Waals surface area contributed by atoms with Crippen molar-refractivity contribution >= 4 is 5.82 Å². The molecule has 0 aliphatic carbocycles. The Kier molecular flexibility index (Phi) is 2.35. The molecule has 0 radical (unpaired) electrons. The predicted octanol–water partition coefficient (Wildman–Crippen LogP) is 1.76. The number of anilines is 1. The van der Waals surface area contributed by atoms with Gasteiger partial charge in [-0.25, -0.2) is 14.4 Å². The van der Waals surface area contributed by atoms with E-state index in [4.69, 9.17) is 0 Å². The molecule has 1 aromatic heterocycles. The summed E-state index contributed by atoms with van der Waals surface area (Å²) in [4.78, 5) is 10.5. The van der Waals surface area contributed by atoms with Gasteiger partial charge in [-0.3, -0.25) is 0 Å². The summed E-state index contributed by atoms with van der Waals surface area (Å²) >= 11 is 0. The first-order valence-electron chi connectivity index (χ1n) is 4.89. The number of halogens is 1. The van der Waals surface area contributed by atoms with Crippen molar-refractivity contribution in [2.75, 3.05) is 18.0 Å². The minimum atomic E-state index is -0.688. The fraction of sp³-hybridized carbons (Fsp3) is 0.600. The third-order valence-electron chi connectivity index (χ3n) is 2.34. The van der Waals surface area contributed by atoms with Gasteiger partial charge in [0.25, 0.3) is 0 Å². The second kappa shape index (κ2) is 3.52. The lowest BCUT2D eigenvalue weighted by Crippen LogP contribution is -2.48. The molecule has 1 aromatic rings. The number of hydrogen-bond acceptors (Lipinski definition) is 3. The number of aromatic nitrogens is 2. The van der Waals surface area contributed by atoms with Crippen molar-refractivity contribution in [2.24, 2.45) is 0 Å². The van der Waals surface area contributed by atoms with Crippen LogP contribution in [0.2, 0.25) is 0 Å². The van der Waals surface area contributed by atoms with E-state index in [1.807, 2.05) is 24.8 Å². The highest BCUT2D eigenvalue weighted by Crippen LogP contribution is 2.21. The van der Waals surface area contributed by atoms with E-state index in [2.05, 4.69) is 9.97 Å². The van der Waals surface area contributed by atoms with Crippen LogP contribution in [0.25, 0.3) is 0 Å². The fourth-order valence-electron chi connectivity index (χ4n) is 1.43. The predicted molar refractivity (Wildman–Crippen MR) is 53.2 cm³/mol. The van der Waals surface area contributed by atoms with Crippen LogP contribution >= 0.6 is 0 Å². The SMILES string of the molecule is CC(C)c1nccc(N2CC(F)C2)n1. The third-order valence-corrected chi connectivity index (χ3v) is 2.34. The van der Waals surface area contributed by atoms with E-state index in [0.717, 1.165) is 11.6 Å². The zero-order valence-corrected chi connectivity index (χ0v) is 8.44. The molecule has 1 aliphatic heterocycles. The second-order valence-corrected chi connectivity index (χ2v) is 3.93. The van der Waals surface area contributed by atoms with Gasteiger partial charge in [-0.05, 0) is 6.07 Å². The molecule has 2 rings (SSSR count). The average molecular weight is 195 g/mol. The van der Waals surface area contributed by atoms with Crippen molar-refractivity contribution in [1.82, 2.24) is 9.97 Å². The number of hydrogen-bond donors (Lipinski definition) is 0. The van der Waals surface area contributed by atoms with Gasteiger partial charge in [-0.1, -0.05) is 13.8 Å². The Morgan fingerprint density at radius 2 is 2.21 bits per heavy atom. The van der Waals surface area contributed by atoms with Gasteiger partial charge in [-0.15, -0.1) is 0 Å². The molecule has 0 saturated carbocycles. The molecule has 1 saturated heterocycles. The lowest BCUT2D eigenvalue weighted by molar-refractivity contribution is 0.273. The van der Waals surface area contributed by atoms with Gasteiger partial charge in [-0.2, -0.15) is 0 Å². The topological polar surface area (TPSA) is 29.0 Å². The van der Waals surface area contributed by atoms with Gasteiger partial charge >= 0.3 is 0 Å². The zero-order chi connectivity index (χ0) is 10.1. The smallest absolute Gasteiger partial charge is 0.135 e. The molecule has 0 spiro atoms. The molecule has 3 nitrogen and oxygen atoms in total. The number of rotatable bonds is 2. The van der Waals surface area contributed by atoms with Crippen molar-refractivity contribution in [3.8, 4) is 0 Å². The summed E-state index contributed by atoms with van der Waals surface area (Å²) in [6.45, 7) is 5.03. The molecule has 0 unspecified atom stereocenters. The maximum Gasteiger partial charge on any atom is 0.135 e. The highest BCUT2D eigenvalue weighted by molar-refractivity contribution is 5.41. The van der Waals surface area contributed by atoms with Crippen molar-refractivity contribution in [2.45, 2.75) is 25.9 Å². The number of alkyl halides is 1. The van der Waals surface area contributed by atoms with E-state index in [1.165, 1.54) is 0 Å². The molecular weight excluding hydrogens is 181 g/mol. The Morgan fingerprint density at radius 3 is 2.79 bits per heavy atom. The van der Waals surface area contributed by atoms with Crippen LogP contribution in [-0.2, 0) is 0 Å². The van der Waals surface area contributed by atoms with Crippen LogP contribution in [0, 0.1) is 0 Å². The molecule has 1 fully saturated rings. The summed E-state index contributed by atoms with van der Waals surface area (Å²) in [5.41, 5.74) is 0. The summed E-state index contributed by atoms with van der Waals surface area (Å²) in [5, 5.41) is 0. The molecule has 4 heteroatoms. The van der Waals surface area contributed by atoms with E-state index in [1.54, 1.807) is 6.20 Å². The molecule has 0 atom stereocenters. The van der Waals surface area contributed by atoms with Crippen molar-refractivity contribution in [3.63, 3.8) is 0 Å². The summed E-state index contributed by atoms with van der Waals surface area (Å²) in [6, 6.07) is 1.83. The highest BCUT2D eigenvalue weighted by Gasteiger charge is 2.27. The van der Waals surface area contributed by atoms with Crippen LogP contribution in [0.15, 0.2) is 12.3 Å². The van der Waals surface area contributed by atoms with Crippen molar-refractivity contribution in [3.05, 3.63) is 18.1 Å². The van der Waals surface area contributed by atoms with Crippen LogP contribution in [0.4, 0.5) is 10.2 Å². The standard InChI is InChI=1S/C10H14FN3/c1-7(2)10-12-4-3-9(13-10)14-5-8(11)6-14/h3-4,7-8H,5-6H2,1-2H3. The Balaban J connectivity index is 2.14. The van der Waals surface area contributed by atoms with Gasteiger partial charge in [0.15, 0.2) is 0 Å². The summed E-state index contributed by atoms with van der Waals surface area (Å²) in [7, 11) is 0. The second-order valence-electron chi connectivity index (χ2n) is 3.93. The minimum Gasteiger partial charge on any atom is -0.351 e. The molecule has 76 valence electrons. The van der Waals surface area contributed by atoms with Crippen LogP contribution in [0.5, 0.6) is 0 Å². The lowest BCUT2D eigenvalue weighted by Gasteiger charge is -2.35.